The number of nitrogens with zero attached hydrogens (tertiary/aromatic N) is 1. The number of rotatable bonds is 6. The molecule has 1 aliphatic rings. The molecule has 0 spiro atoms. The van der Waals surface area contributed by atoms with E-state index in [0.29, 0.717) is 25.9 Å². The molecular weight excluding hydrogens is 350 g/mol. The molecule has 27 heavy (non-hydrogen) atoms. The highest BCUT2D eigenvalue weighted by molar-refractivity contribution is 5.86. The van der Waals surface area contributed by atoms with Crippen molar-refractivity contribution in [2.24, 2.45) is 0 Å². The Balaban J connectivity index is 1.62. The van der Waals surface area contributed by atoms with Crippen molar-refractivity contribution in [1.29, 1.82) is 0 Å². The van der Waals surface area contributed by atoms with Crippen molar-refractivity contribution in [3.8, 4) is 0 Å². The summed E-state index contributed by atoms with van der Waals surface area (Å²) in [5, 5.41) is 13.9. The molecule has 0 bridgehead atoms. The van der Waals surface area contributed by atoms with Crippen LogP contribution in [-0.2, 0) is 17.9 Å². The van der Waals surface area contributed by atoms with Crippen molar-refractivity contribution in [3.05, 3.63) is 70.8 Å². The molecule has 1 atom stereocenters. The number of amides is 1. The number of aryl methyl sites for hydroxylation is 1. The fourth-order valence-corrected chi connectivity index (χ4v) is 3.38. The van der Waals surface area contributed by atoms with Crippen LogP contribution in [0.1, 0.15) is 29.5 Å². The number of benzene rings is 2. The average Bonchev–Trinajstić information content (AvgIpc) is 2.64. The Labute approximate surface area is 157 Å². The summed E-state index contributed by atoms with van der Waals surface area (Å²) < 4.78 is 27.3. The van der Waals surface area contributed by atoms with Gasteiger partial charge in [0, 0.05) is 31.7 Å². The van der Waals surface area contributed by atoms with Crippen LogP contribution in [0, 0.1) is 18.6 Å². The monoisotopic (exact) mass is 374 g/mol. The van der Waals surface area contributed by atoms with Gasteiger partial charge < -0.3 is 15.3 Å². The van der Waals surface area contributed by atoms with Crippen LogP contribution in [-0.4, -0.2) is 34.6 Å². The van der Waals surface area contributed by atoms with Crippen molar-refractivity contribution in [2.75, 3.05) is 13.1 Å². The molecule has 3 rings (SSSR count). The third-order valence-corrected chi connectivity index (χ3v) is 4.96. The molecular formula is C21H24F2N2O2. The van der Waals surface area contributed by atoms with E-state index in [4.69, 9.17) is 0 Å². The van der Waals surface area contributed by atoms with E-state index in [9.17, 15) is 18.7 Å². The lowest BCUT2D eigenvalue weighted by molar-refractivity contribution is -0.157. The van der Waals surface area contributed by atoms with Crippen molar-refractivity contribution < 1.29 is 18.7 Å². The van der Waals surface area contributed by atoms with Crippen molar-refractivity contribution in [2.45, 2.75) is 38.5 Å². The van der Waals surface area contributed by atoms with Crippen LogP contribution in [0.3, 0.4) is 0 Å². The van der Waals surface area contributed by atoms with Gasteiger partial charge in [-0.1, -0.05) is 42.0 Å². The minimum absolute atomic E-state index is 0.0529. The molecule has 0 saturated carbocycles. The predicted molar refractivity (Wildman–Crippen MR) is 98.8 cm³/mol. The maximum absolute atomic E-state index is 13.9. The van der Waals surface area contributed by atoms with Gasteiger partial charge in [0.15, 0.2) is 17.2 Å². The van der Waals surface area contributed by atoms with Gasteiger partial charge in [-0.05, 0) is 31.4 Å². The van der Waals surface area contributed by atoms with Gasteiger partial charge in [0.05, 0.1) is 0 Å². The summed E-state index contributed by atoms with van der Waals surface area (Å²) in [5.41, 5.74) is 0.804. The first-order chi connectivity index (χ1) is 12.9. The van der Waals surface area contributed by atoms with Crippen molar-refractivity contribution >= 4 is 5.91 Å². The van der Waals surface area contributed by atoms with Gasteiger partial charge in [-0.2, -0.15) is 0 Å². The lowest BCUT2D eigenvalue weighted by Crippen LogP contribution is -2.57. The number of aliphatic hydroxyl groups is 1. The third kappa shape index (κ3) is 4.51. The molecule has 1 aliphatic heterocycles. The smallest absolute Gasteiger partial charge is 0.256 e. The topological polar surface area (TPSA) is 52.6 Å². The average molecular weight is 374 g/mol. The minimum atomic E-state index is -1.53. The molecule has 0 aromatic heterocycles. The molecule has 1 saturated heterocycles. The van der Waals surface area contributed by atoms with Gasteiger partial charge in [0.1, 0.15) is 0 Å². The van der Waals surface area contributed by atoms with Crippen LogP contribution >= 0.6 is 0 Å². The van der Waals surface area contributed by atoms with Crippen LogP contribution in [0.25, 0.3) is 0 Å². The first kappa shape index (κ1) is 19.5. The first-order valence-corrected chi connectivity index (χ1v) is 9.10. The fraction of sp³-hybridized carbons (Fsp3) is 0.381. The third-order valence-electron chi connectivity index (χ3n) is 4.96. The van der Waals surface area contributed by atoms with E-state index < -0.39 is 23.1 Å². The summed E-state index contributed by atoms with van der Waals surface area (Å²) in [6.45, 7) is 3.02. The number of likely N-dealkylation sites (tertiary alicyclic amines) is 1. The first-order valence-electron chi connectivity index (χ1n) is 9.10. The van der Waals surface area contributed by atoms with Gasteiger partial charge in [-0.3, -0.25) is 4.79 Å². The number of hydrogen-bond donors (Lipinski definition) is 2. The summed E-state index contributed by atoms with van der Waals surface area (Å²) in [5.74, 6) is -2.34. The lowest BCUT2D eigenvalue weighted by atomic mass is 9.91. The number of carbonyl (C=O) groups excluding carboxylic acids is 1. The highest BCUT2D eigenvalue weighted by atomic mass is 19.2. The Hall–Kier alpha value is -2.31. The molecule has 0 aliphatic carbocycles. The second-order valence-corrected chi connectivity index (χ2v) is 7.16. The van der Waals surface area contributed by atoms with Crippen LogP contribution in [0.2, 0.25) is 0 Å². The molecule has 4 nitrogen and oxygen atoms in total. The van der Waals surface area contributed by atoms with Gasteiger partial charge >= 0.3 is 0 Å². The molecule has 1 fully saturated rings. The van der Waals surface area contributed by atoms with E-state index in [2.05, 4.69) is 5.32 Å². The van der Waals surface area contributed by atoms with Crippen LogP contribution in [0.4, 0.5) is 8.78 Å². The van der Waals surface area contributed by atoms with Gasteiger partial charge in [-0.25, -0.2) is 8.78 Å². The molecule has 144 valence electrons. The molecule has 2 aromatic rings. The van der Waals surface area contributed by atoms with Crippen molar-refractivity contribution in [3.63, 3.8) is 0 Å². The molecule has 2 N–H and O–H groups in total. The quantitative estimate of drug-likeness (QED) is 0.818. The van der Waals surface area contributed by atoms with Gasteiger partial charge in [-0.15, -0.1) is 0 Å². The summed E-state index contributed by atoms with van der Waals surface area (Å²) in [6.07, 6.45) is 0.945. The van der Waals surface area contributed by atoms with E-state index >= 15 is 0 Å². The second-order valence-electron chi connectivity index (χ2n) is 7.16. The number of hydrogen-bond acceptors (Lipinski definition) is 3. The summed E-state index contributed by atoms with van der Waals surface area (Å²) in [6, 6.07) is 11.9. The number of halogens is 2. The Morgan fingerprint density at radius 3 is 2.67 bits per heavy atom. The minimum Gasteiger partial charge on any atom is -0.379 e. The number of nitrogens with one attached hydrogen (secondary N) is 1. The molecule has 6 heteroatoms. The lowest BCUT2D eigenvalue weighted by Gasteiger charge is -2.38. The highest BCUT2D eigenvalue weighted by Crippen LogP contribution is 2.25. The largest absolute Gasteiger partial charge is 0.379 e. The van der Waals surface area contributed by atoms with Crippen LogP contribution < -0.4 is 5.32 Å². The second kappa shape index (κ2) is 8.15. The maximum Gasteiger partial charge on any atom is 0.256 e. The maximum atomic E-state index is 13.9. The van der Waals surface area contributed by atoms with Gasteiger partial charge in [0.25, 0.3) is 5.91 Å². The predicted octanol–water partition coefficient (Wildman–Crippen LogP) is 2.92. The standard InChI is InChI=1S/C21H24F2N2O2/c1-15-6-8-16(9-7-15)12-24-14-21(27)10-3-11-25(20(21)26)13-17-4-2-5-18(22)19(17)23/h2,4-9,24,27H,3,10-14H2,1H3. The molecule has 2 aromatic carbocycles. The van der Waals surface area contributed by atoms with Gasteiger partial charge in [0.2, 0.25) is 0 Å². The SMILES string of the molecule is Cc1ccc(CNCC2(O)CCCN(Cc3cccc(F)c3F)C2=O)cc1. The Kier molecular flexibility index (Phi) is 5.87. The number of piperidine rings is 1. The molecule has 1 heterocycles. The Bertz CT molecular complexity index is 810. The van der Waals surface area contributed by atoms with E-state index in [-0.39, 0.29) is 18.7 Å². The summed E-state index contributed by atoms with van der Waals surface area (Å²) in [4.78, 5) is 14.2. The van der Waals surface area contributed by atoms with E-state index in [0.717, 1.165) is 11.6 Å². The zero-order valence-electron chi connectivity index (χ0n) is 15.3. The van der Waals surface area contributed by atoms with Crippen LogP contribution in [0.15, 0.2) is 42.5 Å². The normalized spacial score (nSPS) is 20.1. The Morgan fingerprint density at radius 1 is 1.19 bits per heavy atom. The zero-order chi connectivity index (χ0) is 19.4. The summed E-state index contributed by atoms with van der Waals surface area (Å²) >= 11 is 0. The highest BCUT2D eigenvalue weighted by Gasteiger charge is 2.41. The number of carbonyl (C=O) groups is 1. The Morgan fingerprint density at radius 2 is 1.93 bits per heavy atom. The van der Waals surface area contributed by atoms with E-state index in [1.807, 2.05) is 31.2 Å². The fourth-order valence-electron chi connectivity index (χ4n) is 3.38. The summed E-state index contributed by atoms with van der Waals surface area (Å²) in [7, 11) is 0. The van der Waals surface area contributed by atoms with Crippen molar-refractivity contribution in [1.82, 2.24) is 10.2 Å². The van der Waals surface area contributed by atoms with E-state index in [1.165, 1.54) is 22.6 Å². The van der Waals surface area contributed by atoms with E-state index in [1.54, 1.807) is 0 Å². The molecule has 1 unspecified atom stereocenters. The molecule has 0 radical (unpaired) electrons. The van der Waals surface area contributed by atoms with Crippen LogP contribution in [0.5, 0.6) is 0 Å². The zero-order valence-corrected chi connectivity index (χ0v) is 15.3. The molecule has 1 amide bonds.